The average molecular weight is 178 g/mol. The van der Waals surface area contributed by atoms with Gasteiger partial charge >= 0.3 is 58.7 Å². The van der Waals surface area contributed by atoms with Crippen LogP contribution in [-0.4, -0.2) is 7.27 Å². The zero-order chi connectivity index (χ0) is 6.41. The molecule has 0 atom stereocenters. The molecule has 0 N–H and O–H groups in total. The van der Waals surface area contributed by atoms with E-state index >= 15 is 0 Å². The van der Waals surface area contributed by atoms with Crippen LogP contribution in [-0.2, 0) is 0 Å². The molecule has 0 aromatic rings. The van der Waals surface area contributed by atoms with Crippen molar-refractivity contribution < 1.29 is 64.7 Å². The molecule has 0 bridgehead atoms. The molecule has 0 spiro atoms. The second kappa shape index (κ2) is 13.1. The first kappa shape index (κ1) is 17.5. The summed E-state index contributed by atoms with van der Waals surface area (Å²) < 4.78 is 22.7. The summed E-state index contributed by atoms with van der Waals surface area (Å²) in [5, 5.41) is 0. The summed E-state index contributed by atoms with van der Waals surface area (Å²) in [7, 11) is -2.10. The van der Waals surface area contributed by atoms with Crippen molar-refractivity contribution in [1.82, 2.24) is 0 Å². The molecule has 0 heterocycles. The monoisotopic (exact) mass is 178 g/mol. The largest absolute Gasteiger partial charge is 1.00 e. The van der Waals surface area contributed by atoms with Gasteiger partial charge in [-0.3, -0.25) is 8.63 Å². The Morgan fingerprint density at radius 3 is 2.00 bits per heavy atom. The molecule has 0 unspecified atom stereocenters. The third kappa shape index (κ3) is 16.2. The van der Waals surface area contributed by atoms with Gasteiger partial charge in [0.05, 0.1) is 0 Å². The van der Waals surface area contributed by atoms with E-state index in [-0.39, 0.29) is 62.4 Å². The Balaban J connectivity index is -0.000000245. The van der Waals surface area contributed by atoms with E-state index in [0.717, 1.165) is 12.8 Å². The summed E-state index contributed by atoms with van der Waals surface area (Å²) in [5.74, 6) is 0. The van der Waals surface area contributed by atoms with Gasteiger partial charge in [-0.05, 0) is 6.32 Å². The zero-order valence-corrected chi connectivity index (χ0v) is 9.66. The van der Waals surface area contributed by atoms with E-state index in [1.54, 1.807) is 0 Å². The van der Waals surface area contributed by atoms with Crippen LogP contribution in [0.4, 0.5) is 8.63 Å². The van der Waals surface area contributed by atoms with Crippen LogP contribution in [0, 0.1) is 0 Å². The molecular weight excluding hydrogens is 167 g/mol. The Morgan fingerprint density at radius 2 is 1.70 bits per heavy atom. The first-order chi connectivity index (χ1) is 3.77. The van der Waals surface area contributed by atoms with Crippen molar-refractivity contribution in [2.45, 2.75) is 32.5 Å². The molecule has 0 fully saturated rings. The number of rotatable bonds is 4. The molecule has 0 radical (unpaired) electrons. The van der Waals surface area contributed by atoms with Crippen LogP contribution in [0.1, 0.15) is 26.2 Å². The van der Waals surface area contributed by atoms with Gasteiger partial charge in [-0.2, -0.15) is 0 Å². The minimum atomic E-state index is -2.10. The van der Waals surface area contributed by atoms with Gasteiger partial charge in [0.15, 0.2) is 0 Å². The molecule has 0 aliphatic heterocycles. The molecule has 0 saturated heterocycles. The van der Waals surface area contributed by atoms with Crippen molar-refractivity contribution in [2.75, 3.05) is 0 Å². The number of unbranched alkanes of at least 4 members (excludes halogenated alkanes) is 2. The molecular formula is C5H11BF3K. The van der Waals surface area contributed by atoms with E-state index in [1.165, 1.54) is 0 Å². The van der Waals surface area contributed by atoms with Crippen molar-refractivity contribution in [3.05, 3.63) is 0 Å². The summed E-state index contributed by atoms with van der Waals surface area (Å²) in [5.41, 5.74) is 0. The molecule has 0 nitrogen and oxygen atoms in total. The van der Waals surface area contributed by atoms with Crippen molar-refractivity contribution >= 4 is 7.27 Å². The Labute approximate surface area is 103 Å². The van der Waals surface area contributed by atoms with Gasteiger partial charge in [0.25, 0.3) is 0 Å². The van der Waals surface area contributed by atoms with E-state index < -0.39 is 7.27 Å². The molecule has 0 aliphatic carbocycles. The first-order valence-corrected chi connectivity index (χ1v) is 3.05. The predicted octanol–water partition coefficient (Wildman–Crippen LogP) is -3.39. The normalized spacial score (nSPS) is 7.50. The minimum absolute atomic E-state index is 0. The standard InChI is InChI=1S/C5H11BF2.FH.K/c1-2-3-4-5-6(7)8;;/h2-5H2,1H3;1H;/q;;+1/p-1. The quantitative estimate of drug-likeness (QED) is 0.311. The maximum absolute atomic E-state index is 11.4. The number of halogens is 3. The Hall–Kier alpha value is 1.49. The predicted molar refractivity (Wildman–Crippen MR) is 32.3 cm³/mol. The topological polar surface area (TPSA) is 0 Å². The van der Waals surface area contributed by atoms with Crippen LogP contribution >= 0.6 is 0 Å². The first-order valence-electron chi connectivity index (χ1n) is 3.05. The van der Waals surface area contributed by atoms with E-state index in [2.05, 4.69) is 0 Å². The number of hydrogen-bond donors (Lipinski definition) is 0. The van der Waals surface area contributed by atoms with Crippen molar-refractivity contribution in [2.24, 2.45) is 0 Å². The van der Waals surface area contributed by atoms with Gasteiger partial charge in [0, 0.05) is 0 Å². The summed E-state index contributed by atoms with van der Waals surface area (Å²) in [6.45, 7) is 2.01. The average Bonchev–Trinajstić information content (AvgIpc) is 1.66. The molecule has 5 heteroatoms. The molecule has 0 aromatic carbocycles. The molecule has 0 amide bonds. The van der Waals surface area contributed by atoms with Gasteiger partial charge in [-0.1, -0.05) is 26.2 Å². The van der Waals surface area contributed by atoms with Gasteiger partial charge in [-0.25, -0.2) is 0 Å². The second-order valence-corrected chi connectivity index (χ2v) is 1.89. The maximum atomic E-state index is 11.4. The molecule has 10 heavy (non-hydrogen) atoms. The van der Waals surface area contributed by atoms with E-state index in [0.29, 0.717) is 6.42 Å². The fourth-order valence-corrected chi connectivity index (χ4v) is 0.549. The van der Waals surface area contributed by atoms with Gasteiger partial charge in [-0.15, -0.1) is 0 Å². The van der Waals surface area contributed by atoms with Crippen LogP contribution in [0.25, 0.3) is 0 Å². The van der Waals surface area contributed by atoms with Crippen molar-refractivity contribution in [1.29, 1.82) is 0 Å². The van der Waals surface area contributed by atoms with E-state index in [9.17, 15) is 8.63 Å². The Morgan fingerprint density at radius 1 is 1.20 bits per heavy atom. The fourth-order valence-electron chi connectivity index (χ4n) is 0.549. The second-order valence-electron chi connectivity index (χ2n) is 1.89. The smallest absolute Gasteiger partial charge is 1.00 e. The third-order valence-electron chi connectivity index (χ3n) is 1.03. The van der Waals surface area contributed by atoms with E-state index in [4.69, 9.17) is 0 Å². The van der Waals surface area contributed by atoms with Crippen LogP contribution in [0.15, 0.2) is 0 Å². The molecule has 0 aliphatic rings. The van der Waals surface area contributed by atoms with Gasteiger partial charge in [0.1, 0.15) is 0 Å². The maximum Gasteiger partial charge on any atom is 1.00 e. The minimum Gasteiger partial charge on any atom is -1.00 e. The van der Waals surface area contributed by atoms with Crippen LogP contribution in [0.3, 0.4) is 0 Å². The van der Waals surface area contributed by atoms with Crippen molar-refractivity contribution in [3.63, 3.8) is 0 Å². The summed E-state index contributed by atoms with van der Waals surface area (Å²) >= 11 is 0. The molecule has 0 rings (SSSR count). The number of hydrogen-bond acceptors (Lipinski definition) is 0. The summed E-state index contributed by atoms with van der Waals surface area (Å²) in [6, 6.07) is 0. The molecule has 0 saturated carbocycles. The van der Waals surface area contributed by atoms with Gasteiger partial charge < -0.3 is 4.70 Å². The zero-order valence-electron chi connectivity index (χ0n) is 6.54. The van der Waals surface area contributed by atoms with E-state index in [1.807, 2.05) is 6.92 Å². The Kier molecular flexibility index (Phi) is 23.0. The van der Waals surface area contributed by atoms with Crippen molar-refractivity contribution in [3.8, 4) is 0 Å². The third-order valence-corrected chi connectivity index (χ3v) is 1.03. The van der Waals surface area contributed by atoms with Gasteiger partial charge in [0.2, 0.25) is 0 Å². The summed E-state index contributed by atoms with van der Waals surface area (Å²) in [4.78, 5) is 0. The SMILES string of the molecule is CCCCCB(F)F.[F-].[K+]. The fraction of sp³-hybridized carbons (Fsp3) is 1.00. The Bertz CT molecular complexity index is 54.2. The molecule has 56 valence electrons. The summed E-state index contributed by atoms with van der Waals surface area (Å²) in [6.07, 6.45) is 2.71. The molecule has 0 aromatic heterocycles. The van der Waals surface area contributed by atoms with Crippen LogP contribution in [0.2, 0.25) is 6.32 Å². The van der Waals surface area contributed by atoms with Crippen LogP contribution < -0.4 is 56.1 Å². The van der Waals surface area contributed by atoms with Crippen LogP contribution in [0.5, 0.6) is 0 Å².